The number of hydrogen-bond donors (Lipinski definition) is 4. The van der Waals surface area contributed by atoms with Gasteiger partial charge in [0, 0.05) is 31.5 Å². The standard InChI is InChI=1S/C17H25N7O2.HI/c1-4-19-16(20-10-15(25)23-14-6-5-7-18-9-14)21-12-17(2,26)13-8-22-24(3)11-13;/h5-9,11,26H,4,10,12H2,1-3H3,(H,23,25)(H2,19,20,21);1H. The number of halogens is 1. The Hall–Kier alpha value is -2.21. The van der Waals surface area contributed by atoms with Crippen LogP contribution in [0.3, 0.4) is 0 Å². The molecule has 0 aliphatic heterocycles. The highest BCUT2D eigenvalue weighted by Crippen LogP contribution is 2.18. The van der Waals surface area contributed by atoms with Gasteiger partial charge >= 0.3 is 0 Å². The zero-order valence-corrected chi connectivity index (χ0v) is 18.0. The predicted molar refractivity (Wildman–Crippen MR) is 115 cm³/mol. The molecule has 27 heavy (non-hydrogen) atoms. The molecule has 1 atom stereocenters. The van der Waals surface area contributed by atoms with E-state index in [4.69, 9.17) is 0 Å². The zero-order chi connectivity index (χ0) is 19.0. The molecule has 2 rings (SSSR count). The van der Waals surface area contributed by atoms with Crippen molar-refractivity contribution in [3.63, 3.8) is 0 Å². The summed E-state index contributed by atoms with van der Waals surface area (Å²) in [6.45, 7) is 4.40. The topological polar surface area (TPSA) is 116 Å². The van der Waals surface area contributed by atoms with Crippen LogP contribution in [0.2, 0.25) is 0 Å². The summed E-state index contributed by atoms with van der Waals surface area (Å²) < 4.78 is 1.63. The lowest BCUT2D eigenvalue weighted by atomic mass is 10.00. The number of rotatable bonds is 7. The molecule has 0 spiro atoms. The molecule has 9 nitrogen and oxygen atoms in total. The molecule has 0 aliphatic carbocycles. The van der Waals surface area contributed by atoms with Gasteiger partial charge in [-0.25, -0.2) is 4.99 Å². The maximum atomic E-state index is 12.0. The third kappa shape index (κ3) is 7.51. The molecule has 10 heteroatoms. The first-order valence-electron chi connectivity index (χ1n) is 8.34. The molecular formula is C17H26IN7O2. The van der Waals surface area contributed by atoms with E-state index in [0.717, 1.165) is 0 Å². The summed E-state index contributed by atoms with van der Waals surface area (Å²) in [4.78, 5) is 20.2. The molecule has 0 aliphatic rings. The summed E-state index contributed by atoms with van der Waals surface area (Å²) in [5.74, 6) is 0.187. The van der Waals surface area contributed by atoms with Crippen molar-refractivity contribution in [2.24, 2.45) is 12.0 Å². The number of nitrogens with one attached hydrogen (secondary N) is 3. The van der Waals surface area contributed by atoms with Gasteiger partial charge in [0.25, 0.3) is 0 Å². The SMILES string of the molecule is CCNC(=NCC(=O)Nc1cccnc1)NCC(C)(O)c1cnn(C)c1.I. The lowest BCUT2D eigenvalue weighted by Crippen LogP contribution is -2.44. The Bertz CT molecular complexity index is 747. The number of anilines is 1. The second-order valence-electron chi connectivity index (χ2n) is 6.02. The lowest BCUT2D eigenvalue weighted by molar-refractivity contribution is -0.114. The van der Waals surface area contributed by atoms with E-state index in [0.29, 0.717) is 23.8 Å². The first-order chi connectivity index (χ1) is 12.4. The molecule has 148 valence electrons. The molecule has 0 radical (unpaired) electrons. The van der Waals surface area contributed by atoms with E-state index >= 15 is 0 Å². The fourth-order valence-corrected chi connectivity index (χ4v) is 2.19. The Morgan fingerprint density at radius 2 is 2.15 bits per heavy atom. The van der Waals surface area contributed by atoms with Crippen molar-refractivity contribution in [1.82, 2.24) is 25.4 Å². The third-order valence-electron chi connectivity index (χ3n) is 3.60. The van der Waals surface area contributed by atoms with Crippen molar-refractivity contribution in [2.75, 3.05) is 25.0 Å². The Balaban J connectivity index is 0.00000364. The molecule has 0 saturated carbocycles. The van der Waals surface area contributed by atoms with E-state index < -0.39 is 5.60 Å². The summed E-state index contributed by atoms with van der Waals surface area (Å²) in [5.41, 5.74) is 0.186. The number of nitrogens with zero attached hydrogens (tertiary/aromatic N) is 4. The van der Waals surface area contributed by atoms with Gasteiger partial charge < -0.3 is 21.1 Å². The molecule has 1 amide bonds. The molecular weight excluding hydrogens is 461 g/mol. The van der Waals surface area contributed by atoms with Crippen molar-refractivity contribution < 1.29 is 9.90 Å². The third-order valence-corrected chi connectivity index (χ3v) is 3.60. The summed E-state index contributed by atoms with van der Waals surface area (Å²) in [6, 6.07) is 3.49. The van der Waals surface area contributed by atoms with Crippen molar-refractivity contribution >= 4 is 41.5 Å². The monoisotopic (exact) mass is 487 g/mol. The minimum Gasteiger partial charge on any atom is -0.383 e. The number of carbonyl (C=O) groups is 1. The number of guanidine groups is 1. The molecule has 0 fully saturated rings. The molecule has 2 heterocycles. The van der Waals surface area contributed by atoms with Gasteiger partial charge in [0.15, 0.2) is 5.96 Å². The van der Waals surface area contributed by atoms with Gasteiger partial charge in [-0.2, -0.15) is 5.10 Å². The van der Waals surface area contributed by atoms with E-state index in [1.54, 1.807) is 55.6 Å². The van der Waals surface area contributed by atoms with Crippen LogP contribution in [0.15, 0.2) is 41.9 Å². The largest absolute Gasteiger partial charge is 0.383 e. The van der Waals surface area contributed by atoms with E-state index in [-0.39, 0.29) is 43.0 Å². The van der Waals surface area contributed by atoms with Crippen molar-refractivity contribution in [3.05, 3.63) is 42.5 Å². The minimum absolute atomic E-state index is 0. The molecule has 1 unspecified atom stereocenters. The number of aliphatic hydroxyl groups is 1. The Labute approximate surface area is 175 Å². The van der Waals surface area contributed by atoms with Gasteiger partial charge in [0.2, 0.25) is 5.91 Å². The van der Waals surface area contributed by atoms with Crippen LogP contribution in [0.25, 0.3) is 0 Å². The Morgan fingerprint density at radius 1 is 1.37 bits per heavy atom. The maximum absolute atomic E-state index is 12.0. The summed E-state index contributed by atoms with van der Waals surface area (Å²) in [6.07, 6.45) is 6.57. The fraction of sp³-hybridized carbons (Fsp3) is 0.412. The number of amides is 1. The van der Waals surface area contributed by atoms with Crippen LogP contribution in [-0.2, 0) is 17.4 Å². The second kappa shape index (κ2) is 10.8. The highest BCUT2D eigenvalue weighted by molar-refractivity contribution is 14.0. The number of pyridine rings is 1. The van der Waals surface area contributed by atoms with Crippen LogP contribution in [0.4, 0.5) is 5.69 Å². The molecule has 0 bridgehead atoms. The van der Waals surface area contributed by atoms with Crippen molar-refractivity contribution in [2.45, 2.75) is 19.4 Å². The van der Waals surface area contributed by atoms with Crippen LogP contribution in [0.5, 0.6) is 0 Å². The van der Waals surface area contributed by atoms with Crippen LogP contribution < -0.4 is 16.0 Å². The van der Waals surface area contributed by atoms with Crippen molar-refractivity contribution in [1.29, 1.82) is 0 Å². The summed E-state index contributed by atoms with van der Waals surface area (Å²) >= 11 is 0. The van der Waals surface area contributed by atoms with Crippen LogP contribution >= 0.6 is 24.0 Å². The first kappa shape index (κ1) is 22.8. The molecule has 2 aromatic rings. The Morgan fingerprint density at radius 3 is 2.74 bits per heavy atom. The molecule has 2 aromatic heterocycles. The van der Waals surface area contributed by atoms with Gasteiger partial charge in [-0.3, -0.25) is 14.5 Å². The average Bonchev–Trinajstić information content (AvgIpc) is 3.06. The van der Waals surface area contributed by atoms with Crippen LogP contribution in [0.1, 0.15) is 19.4 Å². The number of hydrogen-bond acceptors (Lipinski definition) is 5. The Kier molecular flexibility index (Phi) is 9.15. The first-order valence-corrected chi connectivity index (χ1v) is 8.34. The summed E-state index contributed by atoms with van der Waals surface area (Å²) in [5, 5.41) is 23.5. The predicted octanol–water partition coefficient (Wildman–Crippen LogP) is 0.834. The van der Waals surface area contributed by atoms with E-state index in [2.05, 4.69) is 31.0 Å². The smallest absolute Gasteiger partial charge is 0.246 e. The quantitative estimate of drug-likeness (QED) is 0.261. The van der Waals surface area contributed by atoms with Gasteiger partial charge in [0.1, 0.15) is 12.1 Å². The van der Waals surface area contributed by atoms with Gasteiger partial charge in [0.05, 0.1) is 24.6 Å². The van der Waals surface area contributed by atoms with Crippen LogP contribution in [0, 0.1) is 0 Å². The molecule has 0 aromatic carbocycles. The number of aromatic nitrogens is 3. The number of aliphatic imine (C=N–C) groups is 1. The molecule has 4 N–H and O–H groups in total. The lowest BCUT2D eigenvalue weighted by Gasteiger charge is -2.23. The van der Waals surface area contributed by atoms with Gasteiger partial charge in [-0.05, 0) is 26.0 Å². The van der Waals surface area contributed by atoms with E-state index in [1.165, 1.54) is 0 Å². The maximum Gasteiger partial charge on any atom is 0.246 e. The van der Waals surface area contributed by atoms with Crippen LogP contribution in [-0.4, -0.2) is 51.4 Å². The number of aryl methyl sites for hydroxylation is 1. The average molecular weight is 487 g/mol. The highest BCUT2D eigenvalue weighted by Gasteiger charge is 2.25. The van der Waals surface area contributed by atoms with Gasteiger partial charge in [-0.1, -0.05) is 0 Å². The fourth-order valence-electron chi connectivity index (χ4n) is 2.19. The van der Waals surface area contributed by atoms with Gasteiger partial charge in [-0.15, -0.1) is 24.0 Å². The zero-order valence-electron chi connectivity index (χ0n) is 15.6. The molecule has 0 saturated heterocycles. The minimum atomic E-state index is -1.12. The second-order valence-corrected chi connectivity index (χ2v) is 6.02. The summed E-state index contributed by atoms with van der Waals surface area (Å²) in [7, 11) is 1.79. The number of carbonyl (C=O) groups excluding carboxylic acids is 1. The normalized spacial score (nSPS) is 13.3. The highest BCUT2D eigenvalue weighted by atomic mass is 127. The van der Waals surface area contributed by atoms with E-state index in [9.17, 15) is 9.90 Å². The van der Waals surface area contributed by atoms with Crippen molar-refractivity contribution in [3.8, 4) is 0 Å². The van der Waals surface area contributed by atoms with E-state index in [1.807, 2.05) is 6.92 Å².